The Morgan fingerprint density at radius 3 is 3.00 bits per heavy atom. The van der Waals surface area contributed by atoms with Gasteiger partial charge in [-0.3, -0.25) is 4.79 Å². The molecule has 5 rings (SSSR count). The summed E-state index contributed by atoms with van der Waals surface area (Å²) < 4.78 is 19.6. The minimum absolute atomic E-state index is 0.0442. The fourth-order valence-corrected chi connectivity index (χ4v) is 5.18. The molecule has 0 unspecified atom stereocenters. The first-order valence-corrected chi connectivity index (χ1v) is 9.79. The molecule has 3 fully saturated rings. The Hall–Kier alpha value is -2.54. The molecule has 0 radical (unpaired) electrons. The van der Waals surface area contributed by atoms with Gasteiger partial charge in [-0.1, -0.05) is 17.7 Å². The first-order valence-electron chi connectivity index (χ1n) is 9.79. The highest BCUT2D eigenvalue weighted by Crippen LogP contribution is 2.54. The van der Waals surface area contributed by atoms with E-state index in [1.807, 2.05) is 31.2 Å². The maximum atomic E-state index is 13.1. The summed E-state index contributed by atoms with van der Waals surface area (Å²) in [4.78, 5) is 22.9. The van der Waals surface area contributed by atoms with Gasteiger partial charge in [-0.15, -0.1) is 0 Å². The molecule has 1 aromatic heterocycles. The lowest BCUT2D eigenvalue weighted by atomic mass is 9.73. The van der Waals surface area contributed by atoms with Crippen LogP contribution in [-0.4, -0.2) is 47.2 Å². The standard InChI is InChI=1S/C21H23FN4O2/c1-13-3-2-4-14(7-13)19(27)23-10-16-17-11-26(20-24-8-15(22)9-25-20)12-21(17)6-5-18(16)28-21/h2-4,7-9,16-18H,5-6,10-12H2,1H3,(H,23,27)/t16-,17+,18+,21+/m0/s1. The van der Waals surface area contributed by atoms with E-state index in [-0.39, 0.29) is 23.5 Å². The van der Waals surface area contributed by atoms with Crippen LogP contribution in [0, 0.1) is 24.6 Å². The van der Waals surface area contributed by atoms with E-state index < -0.39 is 5.82 Å². The van der Waals surface area contributed by atoms with Gasteiger partial charge in [-0.05, 0) is 31.9 Å². The number of hydrogen-bond acceptors (Lipinski definition) is 5. The number of carbonyl (C=O) groups is 1. The van der Waals surface area contributed by atoms with Crippen molar-refractivity contribution in [2.24, 2.45) is 11.8 Å². The molecule has 1 spiro atoms. The highest BCUT2D eigenvalue weighted by molar-refractivity contribution is 5.94. The van der Waals surface area contributed by atoms with Gasteiger partial charge in [0, 0.05) is 30.5 Å². The van der Waals surface area contributed by atoms with E-state index in [0.717, 1.165) is 31.5 Å². The average molecular weight is 382 g/mol. The molecular weight excluding hydrogens is 359 g/mol. The van der Waals surface area contributed by atoms with Gasteiger partial charge in [0.2, 0.25) is 5.95 Å². The molecule has 4 atom stereocenters. The van der Waals surface area contributed by atoms with Crippen molar-refractivity contribution in [1.29, 1.82) is 0 Å². The molecule has 3 saturated heterocycles. The molecule has 7 heteroatoms. The number of carbonyl (C=O) groups excluding carboxylic acids is 1. The molecular formula is C21H23FN4O2. The second kappa shape index (κ2) is 6.51. The number of aryl methyl sites for hydroxylation is 1. The number of fused-ring (bicyclic) bond motifs is 1. The van der Waals surface area contributed by atoms with E-state index >= 15 is 0 Å². The number of anilines is 1. The number of benzene rings is 1. The normalized spacial score (nSPS) is 30.5. The third kappa shape index (κ3) is 2.85. The lowest BCUT2D eigenvalue weighted by Crippen LogP contribution is -2.41. The Morgan fingerprint density at radius 1 is 1.39 bits per heavy atom. The zero-order chi connectivity index (χ0) is 19.3. The maximum absolute atomic E-state index is 13.1. The van der Waals surface area contributed by atoms with Crippen LogP contribution >= 0.6 is 0 Å². The quantitative estimate of drug-likeness (QED) is 0.879. The molecule has 6 nitrogen and oxygen atoms in total. The summed E-state index contributed by atoms with van der Waals surface area (Å²) in [5.41, 5.74) is 1.56. The predicted molar refractivity (Wildman–Crippen MR) is 102 cm³/mol. The first kappa shape index (κ1) is 17.6. The Kier molecular flexibility index (Phi) is 4.08. The van der Waals surface area contributed by atoms with Crippen molar-refractivity contribution in [1.82, 2.24) is 15.3 Å². The number of amides is 1. The molecule has 1 amide bonds. The Labute approximate surface area is 163 Å². The van der Waals surface area contributed by atoms with Crippen LogP contribution < -0.4 is 10.2 Å². The van der Waals surface area contributed by atoms with E-state index in [1.54, 1.807) is 0 Å². The van der Waals surface area contributed by atoms with Crippen molar-refractivity contribution >= 4 is 11.9 Å². The highest BCUT2D eigenvalue weighted by Gasteiger charge is 2.63. The molecule has 2 bridgehead atoms. The van der Waals surface area contributed by atoms with E-state index in [9.17, 15) is 9.18 Å². The summed E-state index contributed by atoms with van der Waals surface area (Å²) in [5.74, 6) is 0.651. The van der Waals surface area contributed by atoms with Gasteiger partial charge in [0.25, 0.3) is 5.91 Å². The molecule has 0 aliphatic carbocycles. The molecule has 3 aliphatic rings. The summed E-state index contributed by atoms with van der Waals surface area (Å²) in [7, 11) is 0. The predicted octanol–water partition coefficient (Wildman–Crippen LogP) is 2.34. The first-order chi connectivity index (χ1) is 13.5. The minimum atomic E-state index is -0.435. The van der Waals surface area contributed by atoms with E-state index in [4.69, 9.17) is 4.74 Å². The Morgan fingerprint density at radius 2 is 2.21 bits per heavy atom. The van der Waals surface area contributed by atoms with Gasteiger partial charge >= 0.3 is 0 Å². The number of ether oxygens (including phenoxy) is 1. The monoisotopic (exact) mass is 382 g/mol. The second-order valence-electron chi connectivity index (χ2n) is 8.19. The SMILES string of the molecule is Cc1cccc(C(=O)NC[C@H]2[C@H]3CN(c4ncc(F)cn4)C[C@]34CC[C@H]2O4)c1. The molecule has 28 heavy (non-hydrogen) atoms. The Bertz CT molecular complexity index is 906. The van der Waals surface area contributed by atoms with Crippen molar-refractivity contribution in [2.75, 3.05) is 24.5 Å². The van der Waals surface area contributed by atoms with Gasteiger partial charge in [0.15, 0.2) is 5.82 Å². The number of nitrogens with zero attached hydrogens (tertiary/aromatic N) is 3. The molecule has 1 N–H and O–H groups in total. The third-order valence-electron chi connectivity index (χ3n) is 6.45. The van der Waals surface area contributed by atoms with Crippen LogP contribution in [0.1, 0.15) is 28.8 Å². The largest absolute Gasteiger partial charge is 0.369 e. The summed E-state index contributed by atoms with van der Waals surface area (Å²) in [6, 6.07) is 7.62. The topological polar surface area (TPSA) is 67.4 Å². The van der Waals surface area contributed by atoms with Crippen molar-refractivity contribution in [3.63, 3.8) is 0 Å². The zero-order valence-corrected chi connectivity index (χ0v) is 15.8. The van der Waals surface area contributed by atoms with Crippen LogP contribution in [0.5, 0.6) is 0 Å². The van der Waals surface area contributed by atoms with Crippen molar-refractivity contribution < 1.29 is 13.9 Å². The molecule has 1 aromatic carbocycles. The smallest absolute Gasteiger partial charge is 0.251 e. The minimum Gasteiger partial charge on any atom is -0.369 e. The summed E-state index contributed by atoms with van der Waals surface area (Å²) in [6.07, 6.45) is 4.62. The maximum Gasteiger partial charge on any atom is 0.251 e. The van der Waals surface area contributed by atoms with Crippen molar-refractivity contribution in [3.05, 3.63) is 53.6 Å². The molecule has 146 valence electrons. The molecule has 4 heterocycles. The van der Waals surface area contributed by atoms with Crippen molar-refractivity contribution in [2.45, 2.75) is 31.5 Å². The number of nitrogens with one attached hydrogen (secondary N) is 1. The highest BCUT2D eigenvalue weighted by atomic mass is 19.1. The van der Waals surface area contributed by atoms with Crippen LogP contribution in [0.3, 0.4) is 0 Å². The molecule has 3 aliphatic heterocycles. The van der Waals surface area contributed by atoms with Gasteiger partial charge in [0.05, 0.1) is 30.6 Å². The Balaban J connectivity index is 1.29. The fraction of sp³-hybridized carbons (Fsp3) is 0.476. The van der Waals surface area contributed by atoms with Crippen LogP contribution in [-0.2, 0) is 4.74 Å². The number of rotatable bonds is 4. The lowest BCUT2D eigenvalue weighted by molar-refractivity contribution is 0.0141. The summed E-state index contributed by atoms with van der Waals surface area (Å²) in [6.45, 7) is 4.08. The second-order valence-corrected chi connectivity index (χ2v) is 8.19. The van der Waals surface area contributed by atoms with Crippen LogP contribution in [0.4, 0.5) is 10.3 Å². The van der Waals surface area contributed by atoms with Crippen molar-refractivity contribution in [3.8, 4) is 0 Å². The van der Waals surface area contributed by atoms with E-state index in [2.05, 4.69) is 20.2 Å². The third-order valence-corrected chi connectivity index (χ3v) is 6.45. The molecule has 2 aromatic rings. The number of halogens is 1. The molecule has 0 saturated carbocycles. The van der Waals surface area contributed by atoms with E-state index in [1.165, 1.54) is 12.4 Å². The van der Waals surface area contributed by atoms with Crippen LogP contribution in [0.25, 0.3) is 0 Å². The van der Waals surface area contributed by atoms with Gasteiger partial charge in [-0.2, -0.15) is 0 Å². The van der Waals surface area contributed by atoms with Gasteiger partial charge in [-0.25, -0.2) is 14.4 Å². The number of aromatic nitrogens is 2. The average Bonchev–Trinajstić information content (AvgIpc) is 3.35. The van der Waals surface area contributed by atoms with Gasteiger partial charge in [0.1, 0.15) is 0 Å². The fourth-order valence-electron chi connectivity index (χ4n) is 5.18. The van der Waals surface area contributed by atoms with Gasteiger partial charge < -0.3 is 15.0 Å². The lowest BCUT2D eigenvalue weighted by Gasteiger charge is -2.29. The van der Waals surface area contributed by atoms with Crippen LogP contribution in [0.15, 0.2) is 36.7 Å². The van der Waals surface area contributed by atoms with E-state index in [0.29, 0.717) is 24.0 Å². The summed E-state index contributed by atoms with van der Waals surface area (Å²) >= 11 is 0. The number of hydrogen-bond donors (Lipinski definition) is 1. The summed E-state index contributed by atoms with van der Waals surface area (Å²) in [5, 5.41) is 3.11. The zero-order valence-electron chi connectivity index (χ0n) is 15.8. The van der Waals surface area contributed by atoms with Crippen LogP contribution in [0.2, 0.25) is 0 Å².